The molecular weight excluding hydrogens is 267 g/mol. The molecule has 0 bridgehead atoms. The third kappa shape index (κ3) is 3.28. The Labute approximate surface area is 126 Å². The van der Waals surface area contributed by atoms with E-state index in [0.29, 0.717) is 12.2 Å². The van der Waals surface area contributed by atoms with Crippen LogP contribution in [0.5, 0.6) is 5.75 Å². The lowest BCUT2D eigenvalue weighted by atomic mass is 9.77. The average Bonchev–Trinajstić information content (AvgIpc) is 2.60. The molecule has 5 nitrogen and oxygen atoms in total. The molecule has 1 fully saturated rings. The first-order valence-corrected chi connectivity index (χ1v) is 7.11. The molecule has 0 spiro atoms. The highest BCUT2D eigenvalue weighted by atomic mass is 16.7. The molecule has 21 heavy (non-hydrogen) atoms. The number of rotatable bonds is 4. The van der Waals surface area contributed by atoms with Gasteiger partial charge >= 0.3 is 7.12 Å². The molecule has 0 unspecified atom stereocenters. The Morgan fingerprint density at radius 2 is 1.95 bits per heavy atom. The van der Waals surface area contributed by atoms with Gasteiger partial charge in [-0.3, -0.25) is 4.98 Å². The van der Waals surface area contributed by atoms with E-state index in [4.69, 9.17) is 9.31 Å². The van der Waals surface area contributed by atoms with E-state index in [9.17, 15) is 5.11 Å². The zero-order valence-electron chi connectivity index (χ0n) is 13.3. The van der Waals surface area contributed by atoms with Crippen molar-refractivity contribution in [1.29, 1.82) is 0 Å². The lowest BCUT2D eigenvalue weighted by Gasteiger charge is -2.32. The van der Waals surface area contributed by atoms with Crippen molar-refractivity contribution in [2.24, 2.45) is 0 Å². The molecule has 6 heteroatoms. The predicted molar refractivity (Wildman–Crippen MR) is 83.9 cm³/mol. The SMILES string of the molecule is CNCC(=Cc1ncccc1O)B1OC(C)(C)C(C)(C)O1. The lowest BCUT2D eigenvalue weighted by molar-refractivity contribution is 0.00578. The zero-order chi connectivity index (χ0) is 15.7. The summed E-state index contributed by atoms with van der Waals surface area (Å²) in [6, 6.07) is 3.30. The van der Waals surface area contributed by atoms with Crippen molar-refractivity contribution in [2.75, 3.05) is 13.6 Å². The summed E-state index contributed by atoms with van der Waals surface area (Å²) in [5.41, 5.74) is 0.621. The topological polar surface area (TPSA) is 63.6 Å². The number of hydrogen-bond donors (Lipinski definition) is 2. The smallest absolute Gasteiger partial charge is 0.491 e. The second-order valence-electron chi connectivity index (χ2n) is 6.25. The minimum Gasteiger partial charge on any atom is -0.506 e. The fraction of sp³-hybridized carbons (Fsp3) is 0.533. The van der Waals surface area contributed by atoms with Gasteiger partial charge in [0.1, 0.15) is 11.4 Å². The van der Waals surface area contributed by atoms with E-state index in [-0.39, 0.29) is 5.75 Å². The van der Waals surface area contributed by atoms with Crippen LogP contribution in [0.15, 0.2) is 23.8 Å². The van der Waals surface area contributed by atoms with Crippen molar-refractivity contribution >= 4 is 13.2 Å². The van der Waals surface area contributed by atoms with Gasteiger partial charge in [0.25, 0.3) is 0 Å². The molecule has 0 atom stereocenters. The van der Waals surface area contributed by atoms with Crippen LogP contribution in [0.2, 0.25) is 0 Å². The molecular formula is C15H23BN2O3. The molecule has 1 aromatic heterocycles. The van der Waals surface area contributed by atoms with Gasteiger partial charge in [0.2, 0.25) is 0 Å². The molecule has 1 aliphatic rings. The maximum absolute atomic E-state index is 9.87. The first-order chi connectivity index (χ1) is 9.77. The Kier molecular flexibility index (Phi) is 4.42. The third-order valence-electron chi connectivity index (χ3n) is 4.08. The highest BCUT2D eigenvalue weighted by Crippen LogP contribution is 2.38. The maximum atomic E-state index is 9.87. The monoisotopic (exact) mass is 290 g/mol. The van der Waals surface area contributed by atoms with Crippen LogP contribution in [0.1, 0.15) is 33.4 Å². The van der Waals surface area contributed by atoms with Crippen LogP contribution in [0, 0.1) is 0 Å². The van der Waals surface area contributed by atoms with Gasteiger partial charge in [-0.1, -0.05) is 0 Å². The molecule has 2 N–H and O–H groups in total. The normalized spacial score (nSPS) is 20.8. The molecule has 1 aromatic rings. The standard InChI is InChI=1S/C15H23BN2O3/c1-14(2)15(3,4)21-16(20-14)11(10-17-5)9-12-13(19)7-6-8-18-12/h6-9,17,19H,10H2,1-5H3. The van der Waals surface area contributed by atoms with Crippen molar-refractivity contribution in [2.45, 2.75) is 38.9 Å². The number of aromatic hydroxyl groups is 1. The molecule has 0 aromatic carbocycles. The summed E-state index contributed by atoms with van der Waals surface area (Å²) in [7, 11) is 1.40. The largest absolute Gasteiger partial charge is 0.506 e. The summed E-state index contributed by atoms with van der Waals surface area (Å²) in [6.45, 7) is 8.65. The average molecular weight is 290 g/mol. The van der Waals surface area contributed by atoms with Gasteiger partial charge in [0.15, 0.2) is 0 Å². The Morgan fingerprint density at radius 1 is 1.33 bits per heavy atom. The molecule has 2 heterocycles. The van der Waals surface area contributed by atoms with Gasteiger partial charge in [0, 0.05) is 12.7 Å². The Hall–Kier alpha value is -1.37. The number of nitrogens with zero attached hydrogens (tertiary/aromatic N) is 1. The summed E-state index contributed by atoms with van der Waals surface area (Å²) in [4.78, 5) is 4.18. The number of pyridine rings is 1. The molecule has 0 radical (unpaired) electrons. The van der Waals surface area contributed by atoms with Gasteiger partial charge in [-0.25, -0.2) is 0 Å². The number of nitrogens with one attached hydrogen (secondary N) is 1. The third-order valence-corrected chi connectivity index (χ3v) is 4.08. The van der Waals surface area contributed by atoms with Crippen LogP contribution in [-0.4, -0.2) is 42.0 Å². The van der Waals surface area contributed by atoms with Crippen LogP contribution < -0.4 is 5.32 Å². The first-order valence-electron chi connectivity index (χ1n) is 7.11. The second kappa shape index (κ2) is 5.79. The Morgan fingerprint density at radius 3 is 2.48 bits per heavy atom. The minimum atomic E-state index is -0.455. The van der Waals surface area contributed by atoms with Gasteiger partial charge in [-0.2, -0.15) is 0 Å². The quantitative estimate of drug-likeness (QED) is 0.831. The molecule has 0 aliphatic carbocycles. The fourth-order valence-electron chi connectivity index (χ4n) is 2.10. The number of likely N-dealkylation sites (N-methyl/N-ethyl adjacent to an activating group) is 1. The fourth-order valence-corrected chi connectivity index (χ4v) is 2.10. The van der Waals surface area contributed by atoms with Crippen LogP contribution >= 0.6 is 0 Å². The van der Waals surface area contributed by atoms with E-state index >= 15 is 0 Å². The van der Waals surface area contributed by atoms with Crippen LogP contribution in [0.4, 0.5) is 0 Å². The number of hydrogen-bond acceptors (Lipinski definition) is 5. The van der Waals surface area contributed by atoms with E-state index in [1.165, 1.54) is 0 Å². The van der Waals surface area contributed by atoms with Gasteiger partial charge in [-0.15, -0.1) is 0 Å². The summed E-state index contributed by atoms with van der Waals surface area (Å²) in [5, 5.41) is 13.0. The minimum absolute atomic E-state index is 0.141. The lowest BCUT2D eigenvalue weighted by Crippen LogP contribution is -2.41. The molecule has 2 rings (SSSR count). The summed E-state index contributed by atoms with van der Waals surface area (Å²) in [6.07, 6.45) is 3.46. The van der Waals surface area contributed by atoms with E-state index in [0.717, 1.165) is 5.47 Å². The van der Waals surface area contributed by atoms with Crippen molar-refractivity contribution in [1.82, 2.24) is 10.3 Å². The molecule has 1 saturated heterocycles. The first kappa shape index (κ1) is 16.0. The van der Waals surface area contributed by atoms with E-state index in [1.54, 1.807) is 18.3 Å². The highest BCUT2D eigenvalue weighted by Gasteiger charge is 2.52. The number of aromatic nitrogens is 1. The van der Waals surface area contributed by atoms with E-state index in [2.05, 4.69) is 10.3 Å². The van der Waals surface area contributed by atoms with Gasteiger partial charge in [0.05, 0.1) is 11.2 Å². The summed E-state index contributed by atoms with van der Waals surface area (Å²) < 4.78 is 12.1. The second-order valence-corrected chi connectivity index (χ2v) is 6.25. The van der Waals surface area contributed by atoms with Crippen LogP contribution in [0.25, 0.3) is 6.08 Å². The van der Waals surface area contributed by atoms with E-state index in [1.807, 2.05) is 40.8 Å². The molecule has 0 amide bonds. The highest BCUT2D eigenvalue weighted by molar-refractivity contribution is 6.55. The van der Waals surface area contributed by atoms with Crippen molar-refractivity contribution in [3.8, 4) is 5.75 Å². The van der Waals surface area contributed by atoms with Crippen molar-refractivity contribution in [3.63, 3.8) is 0 Å². The molecule has 114 valence electrons. The summed E-state index contributed by atoms with van der Waals surface area (Å²) >= 11 is 0. The van der Waals surface area contributed by atoms with E-state index < -0.39 is 18.3 Å². The Bertz CT molecular complexity index is 527. The summed E-state index contributed by atoms with van der Waals surface area (Å²) in [5.74, 6) is 0.141. The molecule has 1 aliphatic heterocycles. The van der Waals surface area contributed by atoms with Crippen LogP contribution in [-0.2, 0) is 9.31 Å². The zero-order valence-corrected chi connectivity index (χ0v) is 13.3. The van der Waals surface area contributed by atoms with Gasteiger partial charge < -0.3 is 19.7 Å². The van der Waals surface area contributed by atoms with Gasteiger partial charge in [-0.05, 0) is 58.4 Å². The van der Waals surface area contributed by atoms with Crippen molar-refractivity contribution < 1.29 is 14.4 Å². The van der Waals surface area contributed by atoms with Crippen molar-refractivity contribution in [3.05, 3.63) is 29.5 Å². The molecule has 0 saturated carbocycles. The Balaban J connectivity index is 2.31. The predicted octanol–water partition coefficient (Wildman–Crippen LogP) is 2.02. The van der Waals surface area contributed by atoms with Crippen LogP contribution in [0.3, 0.4) is 0 Å². The maximum Gasteiger partial charge on any atom is 0.491 e.